The van der Waals surface area contributed by atoms with Crippen molar-refractivity contribution < 1.29 is 32.2 Å². The van der Waals surface area contributed by atoms with Crippen molar-refractivity contribution in [2.24, 2.45) is 5.41 Å². The molecule has 8 nitrogen and oxygen atoms in total. The highest BCUT2D eigenvalue weighted by Crippen LogP contribution is 2.46. The summed E-state index contributed by atoms with van der Waals surface area (Å²) in [4.78, 5) is 25.7. The number of amides is 2. The summed E-state index contributed by atoms with van der Waals surface area (Å²) in [6.45, 7) is 0.650. The van der Waals surface area contributed by atoms with E-state index in [0.29, 0.717) is 24.5 Å². The highest BCUT2D eigenvalue weighted by Gasteiger charge is 2.63. The molecule has 1 unspecified atom stereocenters. The number of ether oxygens (including phenoxy) is 2. The number of hydrogen-bond donors (Lipinski definition) is 1. The number of alkyl halides is 3. The lowest BCUT2D eigenvalue weighted by Crippen LogP contribution is -2.67. The maximum atomic E-state index is 13.8. The number of rotatable bonds is 7. The summed E-state index contributed by atoms with van der Waals surface area (Å²) in [5.41, 5.74) is -0.748. The summed E-state index contributed by atoms with van der Waals surface area (Å²) in [5, 5.41) is 6.68. The Morgan fingerprint density at radius 3 is 2.64 bits per heavy atom. The van der Waals surface area contributed by atoms with Gasteiger partial charge in [-0.3, -0.25) is 14.3 Å². The van der Waals surface area contributed by atoms with E-state index in [2.05, 4.69) is 10.4 Å². The van der Waals surface area contributed by atoms with Crippen molar-refractivity contribution in [1.82, 2.24) is 14.7 Å². The normalized spacial score (nSPS) is 19.8. The summed E-state index contributed by atoms with van der Waals surface area (Å²) >= 11 is 0. The van der Waals surface area contributed by atoms with Crippen LogP contribution in [0, 0.1) is 12.3 Å². The van der Waals surface area contributed by atoms with Gasteiger partial charge in [0, 0.05) is 25.9 Å². The van der Waals surface area contributed by atoms with Crippen LogP contribution in [0.2, 0.25) is 0 Å². The number of aromatic nitrogens is 2. The second-order valence-electron chi connectivity index (χ2n) is 8.55. The fourth-order valence-corrected chi connectivity index (χ4v) is 3.83. The van der Waals surface area contributed by atoms with Crippen molar-refractivity contribution in [3.05, 3.63) is 42.2 Å². The molecule has 0 aliphatic carbocycles. The van der Waals surface area contributed by atoms with E-state index in [1.165, 1.54) is 17.1 Å². The van der Waals surface area contributed by atoms with E-state index >= 15 is 0 Å². The van der Waals surface area contributed by atoms with E-state index in [-0.39, 0.29) is 12.5 Å². The molecule has 33 heavy (non-hydrogen) atoms. The van der Waals surface area contributed by atoms with Gasteiger partial charge in [0.15, 0.2) is 0 Å². The molecule has 3 heterocycles. The Labute approximate surface area is 188 Å². The standard InChI is InChI=1S/C22H25F3N4O4/c1-15-4-6-17(7-5-15)33-14-21(22(23,24)25)12-28(13-21)19(30)11-29-10-16(9-26-29)27-20(31)18-3-2-8-32-18/h4-7,9-10,18H,2-3,8,11-14H2,1H3,(H,27,31). The van der Waals surface area contributed by atoms with E-state index in [4.69, 9.17) is 9.47 Å². The third-order valence-electron chi connectivity index (χ3n) is 5.90. The minimum absolute atomic E-state index is 0.234. The summed E-state index contributed by atoms with van der Waals surface area (Å²) in [6, 6.07) is 6.75. The van der Waals surface area contributed by atoms with Gasteiger partial charge >= 0.3 is 6.18 Å². The number of nitrogens with one attached hydrogen (secondary N) is 1. The van der Waals surface area contributed by atoms with Crippen LogP contribution in [0.4, 0.5) is 18.9 Å². The lowest BCUT2D eigenvalue weighted by atomic mass is 9.79. The molecule has 0 spiro atoms. The van der Waals surface area contributed by atoms with Crippen molar-refractivity contribution >= 4 is 17.5 Å². The first-order chi connectivity index (χ1) is 15.6. The van der Waals surface area contributed by atoms with Crippen LogP contribution in [0.1, 0.15) is 18.4 Å². The lowest BCUT2D eigenvalue weighted by molar-refractivity contribution is -0.272. The van der Waals surface area contributed by atoms with Gasteiger partial charge in [0.1, 0.15) is 30.4 Å². The molecule has 0 saturated carbocycles. The molecule has 4 rings (SSSR count). The van der Waals surface area contributed by atoms with Crippen LogP contribution >= 0.6 is 0 Å². The number of carbonyl (C=O) groups excluding carboxylic acids is 2. The zero-order chi connectivity index (χ0) is 23.6. The Morgan fingerprint density at radius 2 is 2.00 bits per heavy atom. The van der Waals surface area contributed by atoms with Gasteiger partial charge in [0.05, 0.1) is 11.9 Å². The van der Waals surface area contributed by atoms with Crippen LogP contribution in [0.5, 0.6) is 5.75 Å². The van der Waals surface area contributed by atoms with Crippen molar-refractivity contribution in [2.45, 2.75) is 38.6 Å². The van der Waals surface area contributed by atoms with E-state index < -0.39 is 43.3 Å². The molecule has 2 saturated heterocycles. The fourth-order valence-electron chi connectivity index (χ4n) is 3.83. The van der Waals surface area contributed by atoms with Gasteiger partial charge in [-0.2, -0.15) is 18.3 Å². The zero-order valence-electron chi connectivity index (χ0n) is 18.1. The quantitative estimate of drug-likeness (QED) is 0.678. The summed E-state index contributed by atoms with van der Waals surface area (Å²) < 4.78 is 53.2. The Kier molecular flexibility index (Phi) is 6.33. The van der Waals surface area contributed by atoms with E-state index in [9.17, 15) is 22.8 Å². The Balaban J connectivity index is 1.31. The predicted molar refractivity (Wildman–Crippen MR) is 112 cm³/mol. The van der Waals surface area contributed by atoms with E-state index in [1.807, 2.05) is 6.92 Å². The summed E-state index contributed by atoms with van der Waals surface area (Å²) in [5.74, 6) is -0.432. The number of benzene rings is 1. The number of carbonyl (C=O) groups is 2. The molecule has 0 radical (unpaired) electrons. The Morgan fingerprint density at radius 1 is 1.27 bits per heavy atom. The largest absolute Gasteiger partial charge is 0.493 e. The first-order valence-corrected chi connectivity index (χ1v) is 10.6. The van der Waals surface area contributed by atoms with Crippen LogP contribution in [-0.4, -0.2) is 65.1 Å². The van der Waals surface area contributed by atoms with Crippen LogP contribution in [0.3, 0.4) is 0 Å². The van der Waals surface area contributed by atoms with Gasteiger partial charge in [-0.25, -0.2) is 0 Å². The molecular weight excluding hydrogens is 441 g/mol. The fraction of sp³-hybridized carbons (Fsp3) is 0.500. The third-order valence-corrected chi connectivity index (χ3v) is 5.90. The second-order valence-corrected chi connectivity index (χ2v) is 8.55. The zero-order valence-corrected chi connectivity index (χ0v) is 18.1. The molecule has 1 N–H and O–H groups in total. The molecule has 2 amide bonds. The molecule has 11 heteroatoms. The molecule has 1 aromatic carbocycles. The average molecular weight is 466 g/mol. The first-order valence-electron chi connectivity index (χ1n) is 10.6. The number of halogens is 3. The molecule has 1 aromatic heterocycles. The predicted octanol–water partition coefficient (Wildman–Crippen LogP) is 2.78. The number of aryl methyl sites for hydroxylation is 1. The molecule has 2 aliphatic heterocycles. The summed E-state index contributed by atoms with van der Waals surface area (Å²) in [7, 11) is 0. The minimum atomic E-state index is -4.51. The van der Waals surface area contributed by atoms with Gasteiger partial charge in [0.25, 0.3) is 5.91 Å². The second kappa shape index (κ2) is 9.05. The highest BCUT2D eigenvalue weighted by atomic mass is 19.4. The topological polar surface area (TPSA) is 85.7 Å². The van der Waals surface area contributed by atoms with Gasteiger partial charge in [0.2, 0.25) is 5.91 Å². The SMILES string of the molecule is Cc1ccc(OCC2(C(F)(F)F)CN(C(=O)Cn3cc(NC(=O)C4CCCO4)cn3)C2)cc1. The van der Waals surface area contributed by atoms with Crippen molar-refractivity contribution in [1.29, 1.82) is 0 Å². The first kappa shape index (κ1) is 23.1. The van der Waals surface area contributed by atoms with Gasteiger partial charge < -0.3 is 19.7 Å². The number of hydrogen-bond acceptors (Lipinski definition) is 5. The smallest absolute Gasteiger partial charge is 0.401 e. The van der Waals surface area contributed by atoms with E-state index in [0.717, 1.165) is 16.9 Å². The van der Waals surface area contributed by atoms with Crippen molar-refractivity contribution in [2.75, 3.05) is 31.6 Å². The molecule has 2 aliphatic rings. The van der Waals surface area contributed by atoms with E-state index in [1.54, 1.807) is 24.3 Å². The Hall–Kier alpha value is -3.08. The summed E-state index contributed by atoms with van der Waals surface area (Å²) in [6.07, 6.45) is -0.721. The number of nitrogens with zero attached hydrogens (tertiary/aromatic N) is 3. The van der Waals surface area contributed by atoms with Crippen LogP contribution < -0.4 is 10.1 Å². The number of anilines is 1. The molecular formula is C22H25F3N4O4. The van der Waals surface area contributed by atoms with Crippen LogP contribution in [0.25, 0.3) is 0 Å². The minimum Gasteiger partial charge on any atom is -0.493 e. The Bertz CT molecular complexity index is 994. The van der Waals surface area contributed by atoms with Gasteiger partial charge in [-0.15, -0.1) is 0 Å². The van der Waals surface area contributed by atoms with Gasteiger partial charge in [-0.1, -0.05) is 17.7 Å². The third kappa shape index (κ3) is 5.13. The average Bonchev–Trinajstić information content (AvgIpc) is 3.40. The van der Waals surface area contributed by atoms with Crippen LogP contribution in [0.15, 0.2) is 36.7 Å². The highest BCUT2D eigenvalue weighted by molar-refractivity contribution is 5.94. The van der Waals surface area contributed by atoms with Crippen LogP contribution in [-0.2, 0) is 20.9 Å². The van der Waals surface area contributed by atoms with Crippen molar-refractivity contribution in [3.63, 3.8) is 0 Å². The molecule has 2 aromatic rings. The maximum Gasteiger partial charge on any atom is 0.401 e. The maximum absolute atomic E-state index is 13.8. The molecule has 1 atom stereocenters. The number of likely N-dealkylation sites (tertiary alicyclic amines) is 1. The molecule has 2 fully saturated rings. The van der Waals surface area contributed by atoms with Crippen molar-refractivity contribution in [3.8, 4) is 5.75 Å². The lowest BCUT2D eigenvalue weighted by Gasteiger charge is -2.50. The molecule has 178 valence electrons. The monoisotopic (exact) mass is 466 g/mol. The van der Waals surface area contributed by atoms with Gasteiger partial charge in [-0.05, 0) is 31.9 Å². The molecule has 0 bridgehead atoms.